The number of hydrogen-bond acceptors (Lipinski definition) is 6. The molecule has 0 bridgehead atoms. The second kappa shape index (κ2) is 8.26. The number of aryl methyl sites for hydroxylation is 1. The monoisotopic (exact) mass is 382 g/mol. The Morgan fingerprint density at radius 1 is 1.18 bits per heavy atom. The van der Waals surface area contributed by atoms with Gasteiger partial charge in [-0.25, -0.2) is 0 Å². The molecule has 0 unspecified atom stereocenters. The molecule has 1 heterocycles. The number of carbonyl (C=O) groups excluding carboxylic acids is 1. The fourth-order valence-electron chi connectivity index (χ4n) is 2.52. The highest BCUT2D eigenvalue weighted by atomic mass is 16.6. The van der Waals surface area contributed by atoms with Gasteiger partial charge in [-0.1, -0.05) is 12.1 Å². The molecule has 28 heavy (non-hydrogen) atoms. The van der Waals surface area contributed by atoms with Gasteiger partial charge in [0.1, 0.15) is 23.9 Å². The molecule has 0 fully saturated rings. The summed E-state index contributed by atoms with van der Waals surface area (Å²) in [6.45, 7) is 2.15. The first-order chi connectivity index (χ1) is 13.5. The Balaban J connectivity index is 1.66. The van der Waals surface area contributed by atoms with Crippen molar-refractivity contribution in [3.8, 4) is 11.5 Å². The van der Waals surface area contributed by atoms with E-state index in [1.807, 2.05) is 31.2 Å². The van der Waals surface area contributed by atoms with Crippen LogP contribution in [0.4, 0.5) is 11.4 Å². The largest absolute Gasteiger partial charge is 0.494 e. The smallest absolute Gasteiger partial charge is 0.291 e. The minimum Gasteiger partial charge on any atom is -0.494 e. The molecular formula is C20H18N2O6. The van der Waals surface area contributed by atoms with E-state index in [1.54, 1.807) is 6.07 Å². The second-order valence-electron chi connectivity index (χ2n) is 5.97. The predicted molar refractivity (Wildman–Crippen MR) is 102 cm³/mol. The summed E-state index contributed by atoms with van der Waals surface area (Å²) in [5, 5.41) is 13.5. The molecule has 0 atom stereocenters. The Hall–Kier alpha value is -3.81. The highest BCUT2D eigenvalue weighted by Crippen LogP contribution is 2.29. The third kappa shape index (κ3) is 4.47. The Morgan fingerprint density at radius 2 is 2.00 bits per heavy atom. The van der Waals surface area contributed by atoms with E-state index in [1.165, 1.54) is 31.4 Å². The molecule has 1 N–H and O–H groups in total. The van der Waals surface area contributed by atoms with E-state index in [2.05, 4.69) is 5.32 Å². The molecule has 8 nitrogen and oxygen atoms in total. The molecule has 144 valence electrons. The lowest BCUT2D eigenvalue weighted by atomic mass is 10.2. The van der Waals surface area contributed by atoms with Gasteiger partial charge in [-0.3, -0.25) is 14.9 Å². The van der Waals surface area contributed by atoms with Crippen LogP contribution in [0.3, 0.4) is 0 Å². The molecule has 0 aliphatic heterocycles. The number of hydrogen-bond donors (Lipinski definition) is 1. The highest BCUT2D eigenvalue weighted by molar-refractivity contribution is 6.03. The van der Waals surface area contributed by atoms with E-state index in [9.17, 15) is 14.9 Å². The molecule has 3 aromatic rings. The van der Waals surface area contributed by atoms with Crippen LogP contribution < -0.4 is 14.8 Å². The fourth-order valence-corrected chi connectivity index (χ4v) is 2.52. The number of nitrogens with one attached hydrogen (secondary N) is 1. The molecule has 0 aliphatic rings. The van der Waals surface area contributed by atoms with Crippen molar-refractivity contribution in [1.29, 1.82) is 0 Å². The zero-order valence-electron chi connectivity index (χ0n) is 15.3. The number of anilines is 1. The summed E-state index contributed by atoms with van der Waals surface area (Å²) in [6.07, 6.45) is 0. The molecule has 2 aromatic carbocycles. The number of nitrogens with zero attached hydrogens (tertiary/aromatic N) is 1. The van der Waals surface area contributed by atoms with Gasteiger partial charge in [0.25, 0.3) is 11.6 Å². The molecule has 0 saturated heterocycles. The third-order valence-corrected chi connectivity index (χ3v) is 3.90. The molecule has 0 radical (unpaired) electrons. The van der Waals surface area contributed by atoms with E-state index in [4.69, 9.17) is 13.9 Å². The van der Waals surface area contributed by atoms with Gasteiger partial charge in [0.15, 0.2) is 5.76 Å². The predicted octanol–water partition coefficient (Wildman–Crippen LogP) is 4.34. The normalized spacial score (nSPS) is 10.4. The van der Waals surface area contributed by atoms with Crippen LogP contribution in [-0.2, 0) is 6.61 Å². The first kappa shape index (κ1) is 19.0. The molecule has 8 heteroatoms. The SMILES string of the molecule is COc1cc([N+](=O)[O-])ccc1NC(=O)c1ccc(COc2cccc(C)c2)o1. The van der Waals surface area contributed by atoms with E-state index in [0.29, 0.717) is 17.2 Å². The lowest BCUT2D eigenvalue weighted by molar-refractivity contribution is -0.384. The van der Waals surface area contributed by atoms with Crippen LogP contribution in [0.1, 0.15) is 21.9 Å². The standard InChI is InChI=1S/C20H18N2O6/c1-13-4-3-5-15(10-13)27-12-16-7-9-18(28-16)20(23)21-17-8-6-14(22(24)25)11-19(17)26-2/h3-11H,12H2,1-2H3,(H,21,23). The first-order valence-electron chi connectivity index (χ1n) is 8.38. The van der Waals surface area contributed by atoms with Gasteiger partial charge in [0, 0.05) is 6.07 Å². The number of benzene rings is 2. The maximum absolute atomic E-state index is 12.4. The van der Waals surface area contributed by atoms with Crippen molar-refractivity contribution >= 4 is 17.3 Å². The molecule has 1 amide bonds. The topological polar surface area (TPSA) is 104 Å². The first-order valence-corrected chi connectivity index (χ1v) is 8.38. The van der Waals surface area contributed by atoms with Crippen molar-refractivity contribution in [3.63, 3.8) is 0 Å². The van der Waals surface area contributed by atoms with Crippen molar-refractivity contribution in [2.45, 2.75) is 13.5 Å². The van der Waals surface area contributed by atoms with Crippen LogP contribution in [-0.4, -0.2) is 17.9 Å². The third-order valence-electron chi connectivity index (χ3n) is 3.90. The molecule has 0 aliphatic carbocycles. The minimum atomic E-state index is -0.541. The van der Waals surface area contributed by atoms with Crippen LogP contribution in [0, 0.1) is 17.0 Å². The van der Waals surface area contributed by atoms with Crippen LogP contribution in [0.5, 0.6) is 11.5 Å². The fraction of sp³-hybridized carbons (Fsp3) is 0.150. The van der Waals surface area contributed by atoms with Crippen molar-refractivity contribution in [1.82, 2.24) is 0 Å². The number of furan rings is 1. The molecule has 3 rings (SSSR count). The second-order valence-corrected chi connectivity index (χ2v) is 5.97. The summed E-state index contributed by atoms with van der Waals surface area (Å²) in [5.41, 5.74) is 1.24. The number of non-ortho nitro benzene ring substituents is 1. The summed E-state index contributed by atoms with van der Waals surface area (Å²) < 4.78 is 16.3. The number of ether oxygens (including phenoxy) is 2. The molecular weight excluding hydrogens is 364 g/mol. The molecule has 0 saturated carbocycles. The Kier molecular flexibility index (Phi) is 5.59. The van der Waals surface area contributed by atoms with E-state index in [0.717, 1.165) is 5.56 Å². The summed E-state index contributed by atoms with van der Waals surface area (Å²) in [7, 11) is 1.36. The zero-order valence-corrected chi connectivity index (χ0v) is 15.3. The number of nitro benzene ring substituents is 1. The van der Waals surface area contributed by atoms with Crippen LogP contribution in [0.2, 0.25) is 0 Å². The quantitative estimate of drug-likeness (QED) is 0.482. The summed E-state index contributed by atoms with van der Waals surface area (Å²) in [4.78, 5) is 22.7. The van der Waals surface area contributed by atoms with Gasteiger partial charge in [-0.15, -0.1) is 0 Å². The van der Waals surface area contributed by atoms with Crippen LogP contribution in [0.25, 0.3) is 0 Å². The summed E-state index contributed by atoms with van der Waals surface area (Å²) in [5.74, 6) is 0.953. The van der Waals surface area contributed by atoms with E-state index >= 15 is 0 Å². The number of rotatable bonds is 7. The summed E-state index contributed by atoms with van der Waals surface area (Å²) >= 11 is 0. The van der Waals surface area contributed by atoms with Crippen molar-refractivity contribution in [2.24, 2.45) is 0 Å². The van der Waals surface area contributed by atoms with E-state index < -0.39 is 10.8 Å². The Labute approximate surface area is 160 Å². The Bertz CT molecular complexity index is 1010. The van der Waals surface area contributed by atoms with Gasteiger partial charge in [0.05, 0.1) is 23.8 Å². The number of carbonyl (C=O) groups is 1. The average molecular weight is 382 g/mol. The summed E-state index contributed by atoms with van der Waals surface area (Å²) in [6, 6.07) is 14.7. The van der Waals surface area contributed by atoms with Gasteiger partial charge in [-0.05, 0) is 42.8 Å². The van der Waals surface area contributed by atoms with Gasteiger partial charge < -0.3 is 19.2 Å². The Morgan fingerprint density at radius 3 is 2.71 bits per heavy atom. The van der Waals surface area contributed by atoms with Gasteiger partial charge >= 0.3 is 0 Å². The lowest BCUT2D eigenvalue weighted by Gasteiger charge is -2.09. The van der Waals surface area contributed by atoms with Crippen molar-refractivity contribution < 1.29 is 23.6 Å². The van der Waals surface area contributed by atoms with Crippen molar-refractivity contribution in [2.75, 3.05) is 12.4 Å². The molecule has 0 spiro atoms. The maximum atomic E-state index is 12.4. The number of amides is 1. The van der Waals surface area contributed by atoms with Gasteiger partial charge in [0.2, 0.25) is 0 Å². The highest BCUT2D eigenvalue weighted by Gasteiger charge is 2.16. The maximum Gasteiger partial charge on any atom is 0.291 e. The zero-order chi connectivity index (χ0) is 20.1. The molecule has 1 aromatic heterocycles. The van der Waals surface area contributed by atoms with Gasteiger partial charge in [-0.2, -0.15) is 0 Å². The van der Waals surface area contributed by atoms with Crippen LogP contribution in [0.15, 0.2) is 59.0 Å². The number of methoxy groups -OCH3 is 1. The van der Waals surface area contributed by atoms with Crippen LogP contribution >= 0.6 is 0 Å². The van der Waals surface area contributed by atoms with E-state index in [-0.39, 0.29) is 23.8 Å². The lowest BCUT2D eigenvalue weighted by Crippen LogP contribution is -2.12. The minimum absolute atomic E-state index is 0.0863. The average Bonchev–Trinajstić information content (AvgIpc) is 3.16. The number of nitro groups is 1. The van der Waals surface area contributed by atoms with Crippen molar-refractivity contribution in [3.05, 3.63) is 81.8 Å².